The molecule has 0 saturated carbocycles. The summed E-state index contributed by atoms with van der Waals surface area (Å²) in [7, 11) is 0. The zero-order chi connectivity index (χ0) is 16.7. The van der Waals surface area contributed by atoms with Gasteiger partial charge in [0.25, 0.3) is 0 Å². The third kappa shape index (κ3) is 4.70. The van der Waals surface area contributed by atoms with Crippen LogP contribution < -0.4 is 14.8 Å². The van der Waals surface area contributed by atoms with E-state index in [1.165, 1.54) is 6.21 Å². The van der Waals surface area contributed by atoms with Gasteiger partial charge in [0, 0.05) is 11.6 Å². The molecule has 23 heavy (non-hydrogen) atoms. The van der Waals surface area contributed by atoms with Crippen molar-refractivity contribution in [2.75, 3.05) is 19.8 Å². The maximum absolute atomic E-state index is 11.5. The second-order valence-electron chi connectivity index (χ2n) is 5.05. The fourth-order valence-corrected chi connectivity index (χ4v) is 1.92. The fraction of sp³-hybridized carbons (Fsp3) is 0.438. The van der Waals surface area contributed by atoms with Gasteiger partial charge < -0.3 is 9.47 Å². The van der Waals surface area contributed by atoms with Crippen LogP contribution in [0, 0.1) is 0 Å². The maximum Gasteiger partial charge on any atom is 0.344 e. The summed E-state index contributed by atoms with van der Waals surface area (Å²) >= 11 is 0. The van der Waals surface area contributed by atoms with E-state index in [0.29, 0.717) is 19.0 Å². The molecule has 1 aliphatic heterocycles. The van der Waals surface area contributed by atoms with Crippen LogP contribution in [0.3, 0.4) is 0 Å². The summed E-state index contributed by atoms with van der Waals surface area (Å²) in [5.41, 5.74) is 0.717. The molecule has 0 aliphatic carbocycles. The van der Waals surface area contributed by atoms with Gasteiger partial charge in [0.1, 0.15) is 18.0 Å². The van der Waals surface area contributed by atoms with Gasteiger partial charge in [0.2, 0.25) is 5.91 Å². The molecular formula is C16H21N3O4. The van der Waals surface area contributed by atoms with Gasteiger partial charge in [-0.05, 0) is 25.0 Å². The van der Waals surface area contributed by atoms with E-state index < -0.39 is 6.03 Å². The third-order valence-electron chi connectivity index (χ3n) is 3.03. The van der Waals surface area contributed by atoms with Gasteiger partial charge in [-0.1, -0.05) is 13.8 Å². The van der Waals surface area contributed by atoms with Crippen molar-refractivity contribution < 1.29 is 19.1 Å². The number of urea groups is 1. The van der Waals surface area contributed by atoms with Gasteiger partial charge in [-0.2, -0.15) is 5.10 Å². The number of ether oxygens (including phenoxy) is 2. The highest BCUT2D eigenvalue weighted by Gasteiger charge is 2.26. The first-order valence-corrected chi connectivity index (χ1v) is 7.69. The Labute approximate surface area is 135 Å². The minimum absolute atomic E-state index is 0.0713. The molecule has 124 valence electrons. The number of hydrazone groups is 1. The van der Waals surface area contributed by atoms with E-state index in [1.807, 2.05) is 32.0 Å². The molecule has 0 unspecified atom stereocenters. The predicted molar refractivity (Wildman–Crippen MR) is 85.9 cm³/mol. The Morgan fingerprint density at radius 1 is 1.22 bits per heavy atom. The summed E-state index contributed by atoms with van der Waals surface area (Å²) < 4.78 is 11.3. The monoisotopic (exact) mass is 319 g/mol. The Kier molecular flexibility index (Phi) is 5.96. The van der Waals surface area contributed by atoms with Crippen molar-refractivity contribution in [2.45, 2.75) is 26.7 Å². The molecule has 3 amide bonds. The number of imide groups is 1. The van der Waals surface area contributed by atoms with Gasteiger partial charge in [-0.25, -0.2) is 9.80 Å². The fourth-order valence-electron chi connectivity index (χ4n) is 1.92. The molecule has 0 bridgehead atoms. The minimum atomic E-state index is -0.523. The minimum Gasteiger partial charge on any atom is -0.493 e. The smallest absolute Gasteiger partial charge is 0.344 e. The molecule has 1 aliphatic rings. The number of hydrogen-bond acceptors (Lipinski definition) is 5. The standard InChI is InChI=1S/C16H21N3O4/c1-3-7-22-13-6-5-12(14(9-13)23-8-4-2)10-17-19-11-15(20)18-16(19)21/h5-6,9-10H,3-4,7-8,11H2,1-2H3,(H,18,20,21)/b17-10-. The molecule has 1 N–H and O–H groups in total. The van der Waals surface area contributed by atoms with E-state index in [2.05, 4.69) is 10.4 Å². The molecule has 1 saturated heterocycles. The zero-order valence-corrected chi connectivity index (χ0v) is 13.4. The quantitative estimate of drug-likeness (QED) is 0.588. The first-order valence-electron chi connectivity index (χ1n) is 7.69. The molecule has 2 rings (SSSR count). The average Bonchev–Trinajstić information content (AvgIpc) is 2.87. The molecule has 1 aromatic rings. The van der Waals surface area contributed by atoms with Crippen LogP contribution in [0.4, 0.5) is 4.79 Å². The van der Waals surface area contributed by atoms with Crippen molar-refractivity contribution in [3.8, 4) is 11.5 Å². The summed E-state index contributed by atoms with van der Waals surface area (Å²) in [6.07, 6.45) is 3.30. The Morgan fingerprint density at radius 2 is 1.96 bits per heavy atom. The van der Waals surface area contributed by atoms with Crippen molar-refractivity contribution >= 4 is 18.2 Å². The maximum atomic E-state index is 11.5. The lowest BCUT2D eigenvalue weighted by atomic mass is 10.2. The first-order chi connectivity index (χ1) is 11.1. The number of hydrogen-bond donors (Lipinski definition) is 1. The molecule has 7 heteroatoms. The summed E-state index contributed by atoms with van der Waals surface area (Å²) in [6, 6.07) is 4.92. The highest BCUT2D eigenvalue weighted by Crippen LogP contribution is 2.24. The van der Waals surface area contributed by atoms with E-state index in [0.717, 1.165) is 29.2 Å². The van der Waals surface area contributed by atoms with Crippen molar-refractivity contribution in [3.05, 3.63) is 23.8 Å². The topological polar surface area (TPSA) is 80.2 Å². The molecule has 0 radical (unpaired) electrons. The van der Waals surface area contributed by atoms with Crippen LogP contribution in [0.2, 0.25) is 0 Å². The molecule has 7 nitrogen and oxygen atoms in total. The number of carbonyl (C=O) groups excluding carboxylic acids is 2. The largest absolute Gasteiger partial charge is 0.493 e. The van der Waals surface area contributed by atoms with Crippen LogP contribution in [-0.2, 0) is 4.79 Å². The second kappa shape index (κ2) is 8.17. The normalized spacial score (nSPS) is 14.4. The van der Waals surface area contributed by atoms with Crippen LogP contribution in [-0.4, -0.2) is 42.9 Å². The molecule has 0 spiro atoms. The van der Waals surface area contributed by atoms with Gasteiger partial charge in [-0.15, -0.1) is 0 Å². The third-order valence-corrected chi connectivity index (χ3v) is 3.03. The average molecular weight is 319 g/mol. The van der Waals surface area contributed by atoms with Crippen molar-refractivity contribution in [2.24, 2.45) is 5.10 Å². The molecule has 1 aromatic carbocycles. The Bertz CT molecular complexity index is 601. The molecular weight excluding hydrogens is 298 g/mol. The first kappa shape index (κ1) is 16.8. The Balaban J connectivity index is 2.15. The number of nitrogens with one attached hydrogen (secondary N) is 1. The second-order valence-corrected chi connectivity index (χ2v) is 5.05. The SMILES string of the molecule is CCCOc1ccc(/C=N\N2CC(=O)NC2=O)c(OCCC)c1. The molecule has 0 aromatic heterocycles. The number of rotatable bonds is 8. The van der Waals surface area contributed by atoms with Gasteiger partial charge in [0.05, 0.1) is 19.4 Å². The van der Waals surface area contributed by atoms with E-state index in [4.69, 9.17) is 9.47 Å². The number of benzene rings is 1. The molecule has 1 heterocycles. The van der Waals surface area contributed by atoms with E-state index in [-0.39, 0.29) is 12.5 Å². The lowest BCUT2D eigenvalue weighted by Crippen LogP contribution is -2.24. The van der Waals surface area contributed by atoms with Crippen molar-refractivity contribution in [1.82, 2.24) is 10.3 Å². The summed E-state index contributed by atoms with van der Waals surface area (Å²) in [6.45, 7) is 5.19. The van der Waals surface area contributed by atoms with Gasteiger partial charge >= 0.3 is 6.03 Å². The summed E-state index contributed by atoms with van der Waals surface area (Å²) in [4.78, 5) is 22.6. The molecule has 1 fully saturated rings. The van der Waals surface area contributed by atoms with Gasteiger partial charge in [0.15, 0.2) is 0 Å². The number of carbonyl (C=O) groups is 2. The zero-order valence-electron chi connectivity index (χ0n) is 13.4. The van der Waals surface area contributed by atoms with Crippen LogP contribution in [0.15, 0.2) is 23.3 Å². The number of nitrogens with zero attached hydrogens (tertiary/aromatic N) is 2. The molecule has 0 atom stereocenters. The van der Waals surface area contributed by atoms with Crippen LogP contribution >= 0.6 is 0 Å². The van der Waals surface area contributed by atoms with E-state index >= 15 is 0 Å². The van der Waals surface area contributed by atoms with E-state index in [9.17, 15) is 9.59 Å². The van der Waals surface area contributed by atoms with Crippen molar-refractivity contribution in [1.29, 1.82) is 0 Å². The van der Waals surface area contributed by atoms with Gasteiger partial charge in [-0.3, -0.25) is 10.1 Å². The van der Waals surface area contributed by atoms with Crippen LogP contribution in [0.5, 0.6) is 11.5 Å². The lowest BCUT2D eigenvalue weighted by Gasteiger charge is -2.12. The van der Waals surface area contributed by atoms with Crippen molar-refractivity contribution in [3.63, 3.8) is 0 Å². The number of amides is 3. The predicted octanol–water partition coefficient (Wildman–Crippen LogP) is 2.15. The lowest BCUT2D eigenvalue weighted by molar-refractivity contribution is -0.118. The van der Waals surface area contributed by atoms with Crippen LogP contribution in [0.1, 0.15) is 32.3 Å². The van der Waals surface area contributed by atoms with E-state index in [1.54, 1.807) is 0 Å². The highest BCUT2D eigenvalue weighted by molar-refractivity contribution is 6.02. The summed E-state index contributed by atoms with van der Waals surface area (Å²) in [5, 5.41) is 7.28. The van der Waals surface area contributed by atoms with Crippen LogP contribution in [0.25, 0.3) is 0 Å². The Hall–Kier alpha value is -2.57. The Morgan fingerprint density at radius 3 is 2.61 bits per heavy atom. The highest BCUT2D eigenvalue weighted by atomic mass is 16.5. The summed E-state index contributed by atoms with van der Waals surface area (Å²) in [5.74, 6) is 0.997.